The van der Waals surface area contributed by atoms with Crippen LogP contribution in [0.1, 0.15) is 23.6 Å². The van der Waals surface area contributed by atoms with Gasteiger partial charge in [0.15, 0.2) is 0 Å². The molecule has 0 bridgehead atoms. The van der Waals surface area contributed by atoms with Crippen molar-refractivity contribution in [3.05, 3.63) is 58.9 Å². The first-order valence-electron chi connectivity index (χ1n) is 6.77. The maximum atomic E-state index is 12.9. The van der Waals surface area contributed by atoms with Crippen molar-refractivity contribution in [2.24, 2.45) is 0 Å². The summed E-state index contributed by atoms with van der Waals surface area (Å²) >= 11 is 0. The van der Waals surface area contributed by atoms with E-state index in [0.29, 0.717) is 5.75 Å². The quantitative estimate of drug-likeness (QED) is 0.875. The molecule has 0 amide bonds. The summed E-state index contributed by atoms with van der Waals surface area (Å²) < 4.78 is 12.9. The van der Waals surface area contributed by atoms with Gasteiger partial charge in [0, 0.05) is 17.3 Å². The van der Waals surface area contributed by atoms with Crippen LogP contribution in [0.5, 0.6) is 5.75 Å². The fourth-order valence-electron chi connectivity index (χ4n) is 2.28. The molecule has 0 aliphatic carbocycles. The number of anilines is 1. The van der Waals surface area contributed by atoms with Gasteiger partial charge in [-0.2, -0.15) is 0 Å². The van der Waals surface area contributed by atoms with Crippen molar-refractivity contribution in [1.29, 1.82) is 0 Å². The van der Waals surface area contributed by atoms with E-state index in [9.17, 15) is 9.50 Å². The van der Waals surface area contributed by atoms with Gasteiger partial charge in [-0.25, -0.2) is 4.39 Å². The van der Waals surface area contributed by atoms with E-state index in [1.165, 1.54) is 12.1 Å². The van der Waals surface area contributed by atoms with Crippen LogP contribution < -0.4 is 5.32 Å². The van der Waals surface area contributed by atoms with Gasteiger partial charge in [0.25, 0.3) is 0 Å². The van der Waals surface area contributed by atoms with Crippen LogP contribution in [0.4, 0.5) is 10.1 Å². The molecule has 2 aromatic carbocycles. The highest BCUT2D eigenvalue weighted by molar-refractivity contribution is 5.59. The summed E-state index contributed by atoms with van der Waals surface area (Å²) in [6.07, 6.45) is 0.800. The van der Waals surface area contributed by atoms with Gasteiger partial charge in [0.05, 0.1) is 0 Å². The Morgan fingerprint density at radius 1 is 1.10 bits per heavy atom. The molecule has 2 nitrogen and oxygen atoms in total. The van der Waals surface area contributed by atoms with E-state index in [-0.39, 0.29) is 11.9 Å². The number of aryl methyl sites for hydroxylation is 1. The molecule has 3 heteroatoms. The van der Waals surface area contributed by atoms with Gasteiger partial charge >= 0.3 is 0 Å². The number of aromatic hydroxyl groups is 1. The highest BCUT2D eigenvalue weighted by Crippen LogP contribution is 2.28. The number of rotatable bonds is 4. The van der Waals surface area contributed by atoms with Crippen LogP contribution in [0, 0.1) is 19.7 Å². The van der Waals surface area contributed by atoms with Gasteiger partial charge in [-0.15, -0.1) is 0 Å². The van der Waals surface area contributed by atoms with Crippen molar-refractivity contribution in [2.45, 2.75) is 33.2 Å². The van der Waals surface area contributed by atoms with Crippen molar-refractivity contribution >= 4 is 5.69 Å². The first-order chi connectivity index (χ1) is 9.47. The van der Waals surface area contributed by atoms with E-state index in [0.717, 1.165) is 28.8 Å². The smallest absolute Gasteiger partial charge is 0.123 e. The Kier molecular flexibility index (Phi) is 4.28. The van der Waals surface area contributed by atoms with E-state index in [4.69, 9.17) is 0 Å². The fraction of sp³-hybridized carbons (Fsp3) is 0.294. The SMILES string of the molecule is Cc1ccc(NC(C)Cc2ccc(F)cc2)c(C)c1O. The fourth-order valence-corrected chi connectivity index (χ4v) is 2.28. The number of nitrogens with one attached hydrogen (secondary N) is 1. The highest BCUT2D eigenvalue weighted by atomic mass is 19.1. The van der Waals surface area contributed by atoms with E-state index in [2.05, 4.69) is 12.2 Å². The Labute approximate surface area is 119 Å². The van der Waals surface area contributed by atoms with E-state index < -0.39 is 0 Å². The van der Waals surface area contributed by atoms with Crippen molar-refractivity contribution in [1.82, 2.24) is 0 Å². The molecule has 0 aromatic heterocycles. The monoisotopic (exact) mass is 273 g/mol. The number of benzene rings is 2. The molecule has 1 unspecified atom stereocenters. The molecule has 20 heavy (non-hydrogen) atoms. The molecule has 0 spiro atoms. The minimum Gasteiger partial charge on any atom is -0.507 e. The molecule has 0 fully saturated rings. The predicted octanol–water partition coefficient (Wildman–Crippen LogP) is 4.19. The van der Waals surface area contributed by atoms with Gasteiger partial charge in [0.1, 0.15) is 11.6 Å². The summed E-state index contributed by atoms with van der Waals surface area (Å²) in [6, 6.07) is 10.6. The first kappa shape index (κ1) is 14.4. The van der Waals surface area contributed by atoms with Gasteiger partial charge in [-0.3, -0.25) is 0 Å². The number of halogens is 1. The Morgan fingerprint density at radius 2 is 1.75 bits per heavy atom. The van der Waals surface area contributed by atoms with Crippen LogP contribution in [-0.2, 0) is 6.42 Å². The van der Waals surface area contributed by atoms with Crippen LogP contribution in [0.3, 0.4) is 0 Å². The number of phenols is 1. The Balaban J connectivity index is 2.06. The molecule has 0 saturated carbocycles. The predicted molar refractivity (Wildman–Crippen MR) is 80.8 cm³/mol. The van der Waals surface area contributed by atoms with Crippen LogP contribution >= 0.6 is 0 Å². The molecule has 106 valence electrons. The summed E-state index contributed by atoms with van der Waals surface area (Å²) in [6.45, 7) is 5.85. The van der Waals surface area contributed by atoms with Gasteiger partial charge in [-0.1, -0.05) is 18.2 Å². The summed E-state index contributed by atoms with van der Waals surface area (Å²) in [5.74, 6) is 0.123. The summed E-state index contributed by atoms with van der Waals surface area (Å²) in [5.41, 5.74) is 3.75. The average Bonchev–Trinajstić information content (AvgIpc) is 2.42. The Hall–Kier alpha value is -2.03. The lowest BCUT2D eigenvalue weighted by Crippen LogP contribution is -2.18. The second kappa shape index (κ2) is 5.95. The van der Waals surface area contributed by atoms with Crippen LogP contribution in [-0.4, -0.2) is 11.1 Å². The molecule has 0 aliphatic rings. The lowest BCUT2D eigenvalue weighted by atomic mass is 10.0. The topological polar surface area (TPSA) is 32.3 Å². The molecular formula is C17H20FNO. The van der Waals surface area contributed by atoms with Crippen LogP contribution in [0.15, 0.2) is 36.4 Å². The first-order valence-corrected chi connectivity index (χ1v) is 6.77. The molecule has 1 atom stereocenters. The van der Waals surface area contributed by atoms with Gasteiger partial charge < -0.3 is 10.4 Å². The van der Waals surface area contributed by atoms with Gasteiger partial charge in [0.2, 0.25) is 0 Å². The summed E-state index contributed by atoms with van der Waals surface area (Å²) in [4.78, 5) is 0. The highest BCUT2D eigenvalue weighted by Gasteiger charge is 2.09. The molecule has 0 saturated heterocycles. The van der Waals surface area contributed by atoms with Crippen molar-refractivity contribution in [3.8, 4) is 5.75 Å². The lowest BCUT2D eigenvalue weighted by molar-refractivity contribution is 0.467. The second-order valence-corrected chi connectivity index (χ2v) is 5.28. The lowest BCUT2D eigenvalue weighted by Gasteiger charge is -2.18. The molecule has 0 radical (unpaired) electrons. The second-order valence-electron chi connectivity index (χ2n) is 5.28. The zero-order valence-corrected chi connectivity index (χ0v) is 12.1. The number of hydrogen-bond acceptors (Lipinski definition) is 2. The Morgan fingerprint density at radius 3 is 2.40 bits per heavy atom. The summed E-state index contributed by atoms with van der Waals surface area (Å²) in [5, 5.41) is 13.3. The molecule has 0 heterocycles. The van der Waals surface area contributed by atoms with E-state index in [1.54, 1.807) is 12.1 Å². The zero-order chi connectivity index (χ0) is 14.7. The maximum Gasteiger partial charge on any atom is 0.123 e. The van der Waals surface area contributed by atoms with Crippen molar-refractivity contribution < 1.29 is 9.50 Å². The summed E-state index contributed by atoms with van der Waals surface area (Å²) in [7, 11) is 0. The average molecular weight is 273 g/mol. The zero-order valence-electron chi connectivity index (χ0n) is 12.1. The standard InChI is InChI=1S/C17H20FNO/c1-11-4-9-16(13(3)17(11)20)19-12(2)10-14-5-7-15(18)8-6-14/h4-9,12,19-20H,10H2,1-3H3. The minimum atomic E-state index is -0.214. The van der Waals surface area contributed by atoms with E-state index >= 15 is 0 Å². The van der Waals surface area contributed by atoms with Crippen LogP contribution in [0.25, 0.3) is 0 Å². The maximum absolute atomic E-state index is 12.9. The van der Waals surface area contributed by atoms with Crippen molar-refractivity contribution in [3.63, 3.8) is 0 Å². The van der Waals surface area contributed by atoms with Gasteiger partial charge in [-0.05, 0) is 56.5 Å². The molecule has 2 N–H and O–H groups in total. The Bertz CT molecular complexity index is 593. The molecule has 2 rings (SSSR count). The van der Waals surface area contributed by atoms with E-state index in [1.807, 2.05) is 26.0 Å². The minimum absolute atomic E-state index is 0.196. The number of phenolic OH excluding ortho intramolecular Hbond substituents is 1. The molecule has 0 aliphatic heterocycles. The normalized spacial score (nSPS) is 12.2. The third kappa shape index (κ3) is 3.29. The molecular weight excluding hydrogens is 253 g/mol. The molecule has 2 aromatic rings. The third-order valence-corrected chi connectivity index (χ3v) is 3.49. The largest absolute Gasteiger partial charge is 0.507 e. The number of hydrogen-bond donors (Lipinski definition) is 2. The van der Waals surface area contributed by atoms with Crippen molar-refractivity contribution in [2.75, 3.05) is 5.32 Å². The third-order valence-electron chi connectivity index (χ3n) is 3.49. The van der Waals surface area contributed by atoms with Crippen LogP contribution in [0.2, 0.25) is 0 Å².